The number of nitrogens with one attached hydrogen (secondary N) is 1. The van der Waals surface area contributed by atoms with Gasteiger partial charge in [0.2, 0.25) is 5.91 Å². The molecule has 5 nitrogen and oxygen atoms in total. The standard InChI is InChI=1S/C17H25N3O2.2ClH/c21-16-3-1-2-15(10-16)13-19-6-8-20(9-7-19)17(22)12-18-11-14-4-5-14;;/h1-3,10,14,18,21H,4-9,11-13H2;2*1H. The van der Waals surface area contributed by atoms with E-state index in [0.29, 0.717) is 12.3 Å². The molecule has 1 aromatic carbocycles. The third-order valence-electron chi connectivity index (χ3n) is 4.45. The lowest BCUT2D eigenvalue weighted by Gasteiger charge is -2.34. The second-order valence-corrected chi connectivity index (χ2v) is 6.40. The normalized spacial score (nSPS) is 17.8. The van der Waals surface area contributed by atoms with E-state index < -0.39 is 0 Å². The van der Waals surface area contributed by atoms with E-state index in [1.165, 1.54) is 12.8 Å². The first-order valence-electron chi connectivity index (χ1n) is 8.19. The lowest BCUT2D eigenvalue weighted by atomic mass is 10.2. The number of amides is 1. The highest BCUT2D eigenvalue weighted by Crippen LogP contribution is 2.27. The zero-order valence-electron chi connectivity index (χ0n) is 13.8. The molecular formula is C17H27Cl2N3O2. The molecule has 1 aliphatic carbocycles. The average molecular weight is 376 g/mol. The highest BCUT2D eigenvalue weighted by atomic mass is 35.5. The fraction of sp³-hybridized carbons (Fsp3) is 0.588. The summed E-state index contributed by atoms with van der Waals surface area (Å²) >= 11 is 0. The van der Waals surface area contributed by atoms with Crippen LogP contribution in [0.15, 0.2) is 24.3 Å². The molecule has 0 aromatic heterocycles. The highest BCUT2D eigenvalue weighted by molar-refractivity contribution is 5.85. The van der Waals surface area contributed by atoms with Crippen LogP contribution in [0.25, 0.3) is 0 Å². The van der Waals surface area contributed by atoms with Crippen molar-refractivity contribution in [1.82, 2.24) is 15.1 Å². The summed E-state index contributed by atoms with van der Waals surface area (Å²) in [5.74, 6) is 1.35. The predicted octanol–water partition coefficient (Wildman–Crippen LogP) is 1.88. The summed E-state index contributed by atoms with van der Waals surface area (Å²) in [4.78, 5) is 16.4. The summed E-state index contributed by atoms with van der Waals surface area (Å²) in [6.07, 6.45) is 2.63. The van der Waals surface area contributed by atoms with Crippen LogP contribution in [-0.2, 0) is 11.3 Å². The Balaban J connectivity index is 0.00000144. The maximum atomic E-state index is 12.1. The molecule has 0 spiro atoms. The Morgan fingerprint density at radius 2 is 1.88 bits per heavy atom. The zero-order valence-corrected chi connectivity index (χ0v) is 15.5. The molecule has 1 saturated heterocycles. The van der Waals surface area contributed by atoms with E-state index in [2.05, 4.69) is 10.2 Å². The number of carbonyl (C=O) groups excluding carboxylic acids is 1. The largest absolute Gasteiger partial charge is 0.508 e. The molecular weight excluding hydrogens is 349 g/mol. The molecule has 1 saturated carbocycles. The summed E-state index contributed by atoms with van der Waals surface area (Å²) in [5.41, 5.74) is 1.12. The number of piperazine rings is 1. The van der Waals surface area contributed by atoms with Crippen molar-refractivity contribution < 1.29 is 9.90 Å². The third-order valence-corrected chi connectivity index (χ3v) is 4.45. The molecule has 0 atom stereocenters. The summed E-state index contributed by atoms with van der Waals surface area (Å²) < 4.78 is 0. The van der Waals surface area contributed by atoms with Crippen LogP contribution in [0.4, 0.5) is 0 Å². The van der Waals surface area contributed by atoms with Crippen LogP contribution >= 0.6 is 24.8 Å². The van der Waals surface area contributed by atoms with E-state index in [0.717, 1.165) is 50.7 Å². The van der Waals surface area contributed by atoms with Crippen molar-refractivity contribution in [3.05, 3.63) is 29.8 Å². The van der Waals surface area contributed by atoms with Crippen LogP contribution in [0.2, 0.25) is 0 Å². The Labute approximate surface area is 156 Å². The first-order chi connectivity index (χ1) is 10.7. The lowest BCUT2D eigenvalue weighted by molar-refractivity contribution is -0.132. The Morgan fingerprint density at radius 3 is 2.50 bits per heavy atom. The predicted molar refractivity (Wildman–Crippen MR) is 100 cm³/mol. The molecule has 0 radical (unpaired) electrons. The molecule has 1 aromatic rings. The molecule has 7 heteroatoms. The number of benzene rings is 1. The maximum Gasteiger partial charge on any atom is 0.236 e. The molecule has 0 unspecified atom stereocenters. The van der Waals surface area contributed by atoms with Crippen molar-refractivity contribution in [2.45, 2.75) is 19.4 Å². The maximum absolute atomic E-state index is 12.1. The molecule has 1 heterocycles. The van der Waals surface area contributed by atoms with E-state index in [1.807, 2.05) is 17.0 Å². The van der Waals surface area contributed by atoms with Crippen LogP contribution in [0.1, 0.15) is 18.4 Å². The first-order valence-corrected chi connectivity index (χ1v) is 8.19. The molecule has 2 fully saturated rings. The number of phenolic OH excluding ortho intramolecular Hbond substituents is 1. The minimum Gasteiger partial charge on any atom is -0.508 e. The number of halogens is 2. The second kappa shape index (κ2) is 10.1. The van der Waals surface area contributed by atoms with Crippen molar-refractivity contribution in [2.24, 2.45) is 5.92 Å². The van der Waals surface area contributed by atoms with E-state index in [-0.39, 0.29) is 30.7 Å². The Morgan fingerprint density at radius 1 is 1.17 bits per heavy atom. The van der Waals surface area contributed by atoms with Gasteiger partial charge in [-0.3, -0.25) is 9.69 Å². The second-order valence-electron chi connectivity index (χ2n) is 6.40. The van der Waals surface area contributed by atoms with Crippen LogP contribution < -0.4 is 5.32 Å². The lowest BCUT2D eigenvalue weighted by Crippen LogP contribution is -2.50. The van der Waals surface area contributed by atoms with E-state index in [4.69, 9.17) is 0 Å². The Kier molecular flexibility index (Phi) is 8.84. The Bertz CT molecular complexity index is 518. The molecule has 1 amide bonds. The number of aromatic hydroxyl groups is 1. The van der Waals surface area contributed by atoms with E-state index in [9.17, 15) is 9.90 Å². The number of hydrogen-bond acceptors (Lipinski definition) is 4. The molecule has 1 aliphatic heterocycles. The van der Waals surface area contributed by atoms with Gasteiger partial charge in [-0.1, -0.05) is 12.1 Å². The SMILES string of the molecule is Cl.Cl.O=C(CNCC1CC1)N1CCN(Cc2cccc(O)c2)CC1. The Hall–Kier alpha value is -1.01. The van der Waals surface area contributed by atoms with E-state index in [1.54, 1.807) is 12.1 Å². The number of phenols is 1. The fourth-order valence-corrected chi connectivity index (χ4v) is 2.89. The number of hydrogen-bond donors (Lipinski definition) is 2. The van der Waals surface area contributed by atoms with Gasteiger partial charge in [0.25, 0.3) is 0 Å². The van der Waals surface area contributed by atoms with Gasteiger partial charge in [-0.15, -0.1) is 24.8 Å². The van der Waals surface area contributed by atoms with Gasteiger partial charge in [0.15, 0.2) is 0 Å². The van der Waals surface area contributed by atoms with Crippen molar-refractivity contribution in [3.8, 4) is 5.75 Å². The van der Waals surface area contributed by atoms with Gasteiger partial charge >= 0.3 is 0 Å². The van der Waals surface area contributed by atoms with Crippen LogP contribution in [0.3, 0.4) is 0 Å². The van der Waals surface area contributed by atoms with Gasteiger partial charge in [0.1, 0.15) is 5.75 Å². The number of rotatable bonds is 6. The van der Waals surface area contributed by atoms with Crippen molar-refractivity contribution in [3.63, 3.8) is 0 Å². The molecule has 3 rings (SSSR count). The average Bonchev–Trinajstić information content (AvgIpc) is 3.32. The third kappa shape index (κ3) is 6.48. The molecule has 2 N–H and O–H groups in total. The first kappa shape index (κ1) is 21.0. The molecule has 24 heavy (non-hydrogen) atoms. The minimum absolute atomic E-state index is 0. The number of nitrogens with zero attached hydrogens (tertiary/aromatic N) is 2. The highest BCUT2D eigenvalue weighted by Gasteiger charge is 2.23. The topological polar surface area (TPSA) is 55.8 Å². The smallest absolute Gasteiger partial charge is 0.236 e. The summed E-state index contributed by atoms with van der Waals surface area (Å²) in [7, 11) is 0. The van der Waals surface area contributed by atoms with Gasteiger partial charge in [-0.05, 0) is 43.0 Å². The monoisotopic (exact) mass is 375 g/mol. The van der Waals surface area contributed by atoms with Crippen molar-refractivity contribution in [1.29, 1.82) is 0 Å². The summed E-state index contributed by atoms with van der Waals surface area (Å²) in [6.45, 7) is 5.67. The van der Waals surface area contributed by atoms with Gasteiger partial charge in [-0.2, -0.15) is 0 Å². The quantitative estimate of drug-likeness (QED) is 0.796. The molecule has 0 bridgehead atoms. The van der Waals surface area contributed by atoms with Crippen molar-refractivity contribution in [2.75, 3.05) is 39.3 Å². The minimum atomic E-state index is 0. The molecule has 136 valence electrons. The van der Waals surface area contributed by atoms with Gasteiger partial charge in [-0.25, -0.2) is 0 Å². The zero-order chi connectivity index (χ0) is 15.4. The summed E-state index contributed by atoms with van der Waals surface area (Å²) in [6, 6.07) is 7.39. The van der Waals surface area contributed by atoms with Gasteiger partial charge in [0, 0.05) is 32.7 Å². The van der Waals surface area contributed by atoms with Crippen LogP contribution in [-0.4, -0.2) is 60.1 Å². The summed E-state index contributed by atoms with van der Waals surface area (Å²) in [5, 5.41) is 12.8. The van der Waals surface area contributed by atoms with Gasteiger partial charge in [0.05, 0.1) is 6.54 Å². The van der Waals surface area contributed by atoms with Crippen LogP contribution in [0, 0.1) is 5.92 Å². The van der Waals surface area contributed by atoms with Crippen molar-refractivity contribution >= 4 is 30.7 Å². The van der Waals surface area contributed by atoms with E-state index >= 15 is 0 Å². The number of carbonyl (C=O) groups is 1. The fourth-order valence-electron chi connectivity index (χ4n) is 2.89. The van der Waals surface area contributed by atoms with Gasteiger partial charge < -0.3 is 15.3 Å². The van der Waals surface area contributed by atoms with Crippen LogP contribution in [0.5, 0.6) is 5.75 Å². The molecule has 2 aliphatic rings.